The van der Waals surface area contributed by atoms with E-state index in [9.17, 15) is 35.9 Å². The number of carbonyl (C=O) groups is 1. The molecule has 0 bridgehead atoms. The summed E-state index contributed by atoms with van der Waals surface area (Å²) in [5, 5.41) is 19.0. The Morgan fingerprint density at radius 2 is 1.90 bits per heavy atom. The second-order valence-electron chi connectivity index (χ2n) is 14.0. The van der Waals surface area contributed by atoms with Crippen molar-refractivity contribution < 1.29 is 45.4 Å². The molecular formula is C31H42F4N8O6S. The zero-order valence-corrected chi connectivity index (χ0v) is 28.7. The Labute approximate surface area is 287 Å². The van der Waals surface area contributed by atoms with Gasteiger partial charge in [0.15, 0.2) is 11.6 Å². The Balaban J connectivity index is 1.04. The van der Waals surface area contributed by atoms with E-state index in [1.807, 2.05) is 4.90 Å². The van der Waals surface area contributed by atoms with Gasteiger partial charge >= 0.3 is 6.18 Å². The van der Waals surface area contributed by atoms with Crippen molar-refractivity contribution >= 4 is 21.9 Å². The number of nitrogens with one attached hydrogen (secondary N) is 1. The van der Waals surface area contributed by atoms with Gasteiger partial charge in [0.2, 0.25) is 0 Å². The molecule has 1 spiro atoms. The number of hydrogen-bond donors (Lipinski definition) is 2. The average Bonchev–Trinajstić information content (AvgIpc) is 2.99. The minimum Gasteiger partial charge on any atom is -0.434 e. The molecule has 276 valence electrons. The van der Waals surface area contributed by atoms with Crippen molar-refractivity contribution in [3.05, 3.63) is 35.9 Å². The summed E-state index contributed by atoms with van der Waals surface area (Å²) < 4.78 is 94.7. The van der Waals surface area contributed by atoms with Crippen molar-refractivity contribution in [3.8, 4) is 11.6 Å². The van der Waals surface area contributed by atoms with Crippen LogP contribution in [0.1, 0.15) is 56.3 Å². The van der Waals surface area contributed by atoms with Crippen LogP contribution in [-0.2, 0) is 14.9 Å². The summed E-state index contributed by atoms with van der Waals surface area (Å²) in [4.78, 5) is 22.3. The van der Waals surface area contributed by atoms with Crippen molar-refractivity contribution in [1.29, 1.82) is 0 Å². The number of ether oxygens (including phenoxy) is 2. The molecule has 50 heavy (non-hydrogen) atoms. The summed E-state index contributed by atoms with van der Waals surface area (Å²) in [6.07, 6.45) is -0.154. The highest BCUT2D eigenvalue weighted by Crippen LogP contribution is 2.45. The first-order valence-corrected chi connectivity index (χ1v) is 18.1. The molecule has 4 aliphatic heterocycles. The van der Waals surface area contributed by atoms with E-state index in [4.69, 9.17) is 9.47 Å². The van der Waals surface area contributed by atoms with Crippen molar-refractivity contribution in [3.63, 3.8) is 0 Å². The molecule has 1 amide bonds. The van der Waals surface area contributed by atoms with Gasteiger partial charge in [-0.25, -0.2) is 9.37 Å². The summed E-state index contributed by atoms with van der Waals surface area (Å²) in [5.74, 6) is -3.16. The van der Waals surface area contributed by atoms with Crippen LogP contribution in [-0.4, -0.2) is 132 Å². The zero-order chi connectivity index (χ0) is 35.9. The number of anilines is 1. The van der Waals surface area contributed by atoms with Crippen LogP contribution in [0, 0.1) is 11.2 Å². The summed E-state index contributed by atoms with van der Waals surface area (Å²) in [6, 6.07) is 1.81. The molecule has 0 saturated carbocycles. The topological polar surface area (TPSA) is 154 Å². The van der Waals surface area contributed by atoms with E-state index in [2.05, 4.69) is 24.8 Å². The molecule has 4 fully saturated rings. The minimum absolute atomic E-state index is 0.0403. The lowest BCUT2D eigenvalue weighted by Gasteiger charge is -2.55. The molecule has 5 heterocycles. The predicted molar refractivity (Wildman–Crippen MR) is 171 cm³/mol. The van der Waals surface area contributed by atoms with Gasteiger partial charge in [-0.15, -0.1) is 10.2 Å². The molecule has 1 aromatic heterocycles. The fourth-order valence-electron chi connectivity index (χ4n) is 6.85. The third-order valence-corrected chi connectivity index (χ3v) is 11.5. The number of aliphatic hydroxyl groups is 1. The van der Waals surface area contributed by atoms with E-state index in [1.165, 1.54) is 24.5 Å². The van der Waals surface area contributed by atoms with E-state index in [1.54, 1.807) is 0 Å². The summed E-state index contributed by atoms with van der Waals surface area (Å²) in [6.45, 7) is 5.41. The monoisotopic (exact) mass is 730 g/mol. The van der Waals surface area contributed by atoms with Gasteiger partial charge in [-0.2, -0.15) is 30.6 Å². The molecule has 2 atom stereocenters. The van der Waals surface area contributed by atoms with E-state index < -0.39 is 52.5 Å². The molecule has 14 nitrogen and oxygen atoms in total. The summed E-state index contributed by atoms with van der Waals surface area (Å²) >= 11 is 0. The van der Waals surface area contributed by atoms with Crippen LogP contribution < -0.4 is 14.4 Å². The molecule has 0 aliphatic carbocycles. The lowest BCUT2D eigenvalue weighted by atomic mass is 9.72. The van der Waals surface area contributed by atoms with E-state index >= 15 is 0 Å². The number of alkyl halides is 3. The number of hydrogen-bond acceptors (Lipinski definition) is 11. The number of β-amino-alcohol motifs (C(OH)–C–C–N with tert-alkyl or cyclic N) is 1. The summed E-state index contributed by atoms with van der Waals surface area (Å²) in [5.41, 5.74) is -0.430. The van der Waals surface area contributed by atoms with Gasteiger partial charge < -0.3 is 24.4 Å². The lowest BCUT2D eigenvalue weighted by Crippen LogP contribution is -2.62. The maximum atomic E-state index is 14.3. The predicted octanol–water partition coefficient (Wildman–Crippen LogP) is 2.53. The molecule has 2 aromatic rings. The van der Waals surface area contributed by atoms with E-state index in [0.29, 0.717) is 69.4 Å². The normalized spacial score (nSPS) is 24.6. The number of halogens is 4. The third kappa shape index (κ3) is 8.28. The Morgan fingerprint density at radius 3 is 2.50 bits per heavy atom. The Hall–Kier alpha value is -3.23. The Kier molecular flexibility index (Phi) is 10.3. The molecule has 2 N–H and O–H groups in total. The third-order valence-electron chi connectivity index (χ3n) is 9.83. The van der Waals surface area contributed by atoms with Gasteiger partial charge in [0, 0.05) is 50.1 Å². The number of nitrogens with zero attached hydrogens (tertiary/aromatic N) is 7. The van der Waals surface area contributed by atoms with Crippen LogP contribution in [0.5, 0.6) is 11.6 Å². The first-order valence-electron chi connectivity index (χ1n) is 16.7. The first kappa shape index (κ1) is 36.6. The number of rotatable bonds is 11. The number of benzene rings is 1. The van der Waals surface area contributed by atoms with Crippen LogP contribution >= 0.6 is 0 Å². The fourth-order valence-corrected chi connectivity index (χ4v) is 8.34. The van der Waals surface area contributed by atoms with Gasteiger partial charge in [0.25, 0.3) is 22.0 Å². The zero-order valence-electron chi connectivity index (χ0n) is 27.9. The highest BCUT2D eigenvalue weighted by molar-refractivity contribution is 7.87. The van der Waals surface area contributed by atoms with Crippen LogP contribution in [0.3, 0.4) is 0 Å². The number of aromatic nitrogens is 3. The molecule has 4 saturated heterocycles. The number of amides is 1. The number of piperidine rings is 1. The van der Waals surface area contributed by atoms with Crippen molar-refractivity contribution in [2.75, 3.05) is 63.9 Å². The molecule has 1 aromatic carbocycles. The highest BCUT2D eigenvalue weighted by atomic mass is 32.2. The molecular weight excluding hydrogens is 688 g/mol. The SMILES string of the molecule is CC(C)N(CC(F)(F)F)C(=O)c1cc(F)ccc1Oc1nncnc1N1CC2(CCN(C[C@@]3(O)CC[C@@H](NS(=O)(=O)N4CCC4)CO3)CC2)C1. The molecule has 4 aliphatic rings. The second-order valence-corrected chi connectivity index (χ2v) is 15.7. The minimum atomic E-state index is -4.66. The molecule has 0 unspecified atom stereocenters. The van der Waals surface area contributed by atoms with Crippen LogP contribution in [0.2, 0.25) is 0 Å². The van der Waals surface area contributed by atoms with Gasteiger partial charge in [-0.05, 0) is 70.8 Å². The summed E-state index contributed by atoms with van der Waals surface area (Å²) in [7, 11) is -3.53. The molecule has 19 heteroatoms. The van der Waals surface area contributed by atoms with Crippen molar-refractivity contribution in [1.82, 2.24) is 34.0 Å². The quantitative estimate of drug-likeness (QED) is 0.328. The van der Waals surface area contributed by atoms with Gasteiger partial charge in [-0.1, -0.05) is 0 Å². The number of likely N-dealkylation sites (tertiary alicyclic amines) is 1. The maximum Gasteiger partial charge on any atom is 0.406 e. The molecule has 6 rings (SSSR count). The maximum absolute atomic E-state index is 14.3. The van der Waals surface area contributed by atoms with Crippen LogP contribution in [0.4, 0.5) is 23.4 Å². The van der Waals surface area contributed by atoms with E-state index in [0.717, 1.165) is 37.5 Å². The van der Waals surface area contributed by atoms with Crippen LogP contribution in [0.25, 0.3) is 0 Å². The fraction of sp³-hybridized carbons (Fsp3) is 0.677. The number of carbonyl (C=O) groups excluding carboxylic acids is 1. The average molecular weight is 731 g/mol. The van der Waals surface area contributed by atoms with Gasteiger partial charge in [-0.3, -0.25) is 9.69 Å². The largest absolute Gasteiger partial charge is 0.434 e. The Bertz CT molecular complexity index is 1640. The Morgan fingerprint density at radius 1 is 1.18 bits per heavy atom. The molecule has 0 radical (unpaired) electrons. The van der Waals surface area contributed by atoms with Crippen molar-refractivity contribution in [2.24, 2.45) is 5.41 Å². The van der Waals surface area contributed by atoms with Gasteiger partial charge in [0.1, 0.15) is 24.4 Å². The van der Waals surface area contributed by atoms with Gasteiger partial charge in [0.05, 0.1) is 18.7 Å². The van der Waals surface area contributed by atoms with E-state index in [-0.39, 0.29) is 29.2 Å². The first-order chi connectivity index (χ1) is 23.5. The standard InChI is InChI=1S/C31H42F4N8O6S/c1-21(2)43(19-31(33,34)35)28(44)24-14-22(32)4-5-25(24)49-27-26(36-20-37-38-27)41-16-29(17-41)8-12-40(13-9-29)18-30(45)7-6-23(15-48-30)39-50(46,47)42-10-3-11-42/h4-5,14,20-21,23,39,45H,3,6-13,15-19H2,1-2H3/t23-,30-/m1/s1. The second kappa shape index (κ2) is 14.1. The highest BCUT2D eigenvalue weighted by Gasteiger charge is 2.48. The van der Waals surface area contributed by atoms with Crippen molar-refractivity contribution in [2.45, 2.75) is 70.0 Å². The van der Waals surface area contributed by atoms with Crippen LogP contribution in [0.15, 0.2) is 24.5 Å². The lowest BCUT2D eigenvalue weighted by molar-refractivity contribution is -0.239. The smallest absolute Gasteiger partial charge is 0.406 e.